The standard InChI is InChI=1S/C14H27NO5/c1-2-3-4-5-6-7-9-20-10-8-15(12-16,13-17)11-14(18)19/h4-5,16-17H,2-3,6-13H2,1H3/p+1/b5-4+. The molecule has 0 atom stereocenters. The second-order valence-electron chi connectivity index (χ2n) is 4.91. The molecule has 0 amide bonds. The van der Waals surface area contributed by atoms with Crippen LogP contribution in [0.15, 0.2) is 12.2 Å². The number of allylic oxidation sites excluding steroid dienone is 2. The molecule has 0 spiro atoms. The number of ether oxygens (including phenoxy) is 1. The maximum Gasteiger partial charge on any atom is 0.359 e. The summed E-state index contributed by atoms with van der Waals surface area (Å²) in [5, 5.41) is 27.2. The van der Waals surface area contributed by atoms with Gasteiger partial charge in [-0.15, -0.1) is 0 Å². The highest BCUT2D eigenvalue weighted by Crippen LogP contribution is 2.04. The molecule has 0 saturated heterocycles. The van der Waals surface area contributed by atoms with Gasteiger partial charge in [-0.1, -0.05) is 25.5 Å². The highest BCUT2D eigenvalue weighted by Gasteiger charge is 2.28. The van der Waals surface area contributed by atoms with Gasteiger partial charge in [-0.25, -0.2) is 4.79 Å². The summed E-state index contributed by atoms with van der Waals surface area (Å²) in [5.74, 6) is -1.05. The number of carboxylic acid groups (broad SMARTS) is 1. The Morgan fingerprint density at radius 1 is 1.15 bits per heavy atom. The van der Waals surface area contributed by atoms with Crippen molar-refractivity contribution in [2.75, 3.05) is 39.8 Å². The topological polar surface area (TPSA) is 87.0 Å². The molecule has 118 valence electrons. The maximum absolute atomic E-state index is 10.7. The van der Waals surface area contributed by atoms with Crippen LogP contribution >= 0.6 is 0 Å². The van der Waals surface area contributed by atoms with Crippen LogP contribution in [-0.2, 0) is 9.53 Å². The second kappa shape index (κ2) is 11.8. The smallest absolute Gasteiger partial charge is 0.359 e. The molecule has 0 radical (unpaired) electrons. The number of nitrogens with zero attached hydrogens (tertiary/aromatic N) is 1. The molecule has 0 heterocycles. The summed E-state index contributed by atoms with van der Waals surface area (Å²) in [7, 11) is 0. The van der Waals surface area contributed by atoms with Gasteiger partial charge >= 0.3 is 5.97 Å². The average Bonchev–Trinajstić information content (AvgIpc) is 2.44. The van der Waals surface area contributed by atoms with Gasteiger partial charge in [0.15, 0.2) is 20.0 Å². The van der Waals surface area contributed by atoms with E-state index in [-0.39, 0.29) is 17.6 Å². The minimum absolute atomic E-state index is 0.283. The average molecular weight is 290 g/mol. The first-order valence-corrected chi connectivity index (χ1v) is 7.11. The molecule has 0 aromatic carbocycles. The number of aliphatic hydroxyl groups is 2. The Morgan fingerprint density at radius 2 is 1.80 bits per heavy atom. The van der Waals surface area contributed by atoms with E-state index in [2.05, 4.69) is 19.1 Å². The first-order valence-electron chi connectivity index (χ1n) is 7.11. The zero-order chi connectivity index (χ0) is 15.3. The molecule has 3 N–H and O–H groups in total. The van der Waals surface area contributed by atoms with E-state index in [0.29, 0.717) is 13.2 Å². The molecule has 0 aliphatic carbocycles. The van der Waals surface area contributed by atoms with Crippen LogP contribution in [0.3, 0.4) is 0 Å². The van der Waals surface area contributed by atoms with E-state index in [1.807, 2.05) is 0 Å². The third kappa shape index (κ3) is 9.03. The maximum atomic E-state index is 10.7. The minimum atomic E-state index is -1.05. The summed E-state index contributed by atoms with van der Waals surface area (Å²) < 4.78 is 5.13. The van der Waals surface area contributed by atoms with Crippen LogP contribution in [0.4, 0.5) is 0 Å². The van der Waals surface area contributed by atoms with Crippen LogP contribution in [0, 0.1) is 0 Å². The van der Waals surface area contributed by atoms with Gasteiger partial charge in [0.25, 0.3) is 0 Å². The summed E-state index contributed by atoms with van der Waals surface area (Å²) in [4.78, 5) is 10.7. The molecule has 6 heteroatoms. The summed E-state index contributed by atoms with van der Waals surface area (Å²) in [6.45, 7) is 2.21. The van der Waals surface area contributed by atoms with E-state index in [4.69, 9.17) is 9.84 Å². The Labute approximate surface area is 120 Å². The van der Waals surface area contributed by atoms with Gasteiger partial charge in [0.1, 0.15) is 6.54 Å². The number of unbranched alkanes of at least 4 members (excludes halogenated alkanes) is 2. The SMILES string of the molecule is CCC/C=C/CCCOCC[N+](CO)(CO)CC(=O)O. The minimum Gasteiger partial charge on any atom is -0.477 e. The van der Waals surface area contributed by atoms with E-state index in [1.165, 1.54) is 0 Å². The third-order valence-electron chi connectivity index (χ3n) is 3.06. The fourth-order valence-corrected chi connectivity index (χ4v) is 1.72. The Morgan fingerprint density at radius 3 is 2.35 bits per heavy atom. The fraction of sp³-hybridized carbons (Fsp3) is 0.786. The number of aliphatic hydroxyl groups excluding tert-OH is 2. The van der Waals surface area contributed by atoms with Crippen molar-refractivity contribution in [3.8, 4) is 0 Å². The van der Waals surface area contributed by atoms with Crippen molar-refractivity contribution in [3.05, 3.63) is 12.2 Å². The molecule has 0 saturated carbocycles. The lowest BCUT2D eigenvalue weighted by atomic mass is 10.2. The van der Waals surface area contributed by atoms with Gasteiger partial charge in [-0.05, 0) is 19.3 Å². The zero-order valence-corrected chi connectivity index (χ0v) is 12.3. The summed E-state index contributed by atoms with van der Waals surface area (Å²) >= 11 is 0. The molecular weight excluding hydrogens is 262 g/mol. The number of quaternary nitrogens is 1. The molecule has 20 heavy (non-hydrogen) atoms. The first-order chi connectivity index (χ1) is 9.60. The van der Waals surface area contributed by atoms with Crippen LogP contribution in [-0.4, -0.2) is 65.5 Å². The Hall–Kier alpha value is -0.950. The van der Waals surface area contributed by atoms with Gasteiger partial charge < -0.3 is 20.1 Å². The van der Waals surface area contributed by atoms with Gasteiger partial charge in [0.05, 0.1) is 6.61 Å². The van der Waals surface area contributed by atoms with Crippen molar-refractivity contribution in [3.63, 3.8) is 0 Å². The molecule has 0 aromatic heterocycles. The molecule has 0 aromatic rings. The van der Waals surface area contributed by atoms with Crippen LogP contribution in [0.1, 0.15) is 32.6 Å². The van der Waals surface area contributed by atoms with E-state index < -0.39 is 19.4 Å². The van der Waals surface area contributed by atoms with Crippen LogP contribution in [0.5, 0.6) is 0 Å². The molecule has 0 bridgehead atoms. The van der Waals surface area contributed by atoms with Crippen molar-refractivity contribution < 1.29 is 29.3 Å². The largest absolute Gasteiger partial charge is 0.477 e. The molecule has 0 rings (SSSR count). The van der Waals surface area contributed by atoms with Gasteiger partial charge in [0.2, 0.25) is 0 Å². The number of rotatable bonds is 13. The Balaban J connectivity index is 3.76. The predicted octanol–water partition coefficient (Wildman–Crippen LogP) is 0.940. The van der Waals surface area contributed by atoms with E-state index in [1.54, 1.807) is 0 Å². The van der Waals surface area contributed by atoms with Crippen molar-refractivity contribution in [2.24, 2.45) is 0 Å². The predicted molar refractivity (Wildman–Crippen MR) is 75.9 cm³/mol. The van der Waals surface area contributed by atoms with E-state index in [0.717, 1.165) is 25.7 Å². The normalized spacial score (nSPS) is 12.2. The van der Waals surface area contributed by atoms with Crippen molar-refractivity contribution in [2.45, 2.75) is 32.6 Å². The molecule has 6 nitrogen and oxygen atoms in total. The second-order valence-corrected chi connectivity index (χ2v) is 4.91. The van der Waals surface area contributed by atoms with Crippen molar-refractivity contribution in [1.82, 2.24) is 0 Å². The summed E-state index contributed by atoms with van der Waals surface area (Å²) in [6.07, 6.45) is 8.43. The molecule has 0 fully saturated rings. The third-order valence-corrected chi connectivity index (χ3v) is 3.06. The quantitative estimate of drug-likeness (QED) is 0.203. The molecule has 0 aliphatic rings. The van der Waals surface area contributed by atoms with Gasteiger partial charge in [-0.2, -0.15) is 0 Å². The monoisotopic (exact) mass is 290 g/mol. The molecule has 0 unspecified atom stereocenters. The van der Waals surface area contributed by atoms with Gasteiger partial charge in [-0.3, -0.25) is 4.48 Å². The van der Waals surface area contributed by atoms with Crippen molar-refractivity contribution in [1.29, 1.82) is 0 Å². The number of hydrogen-bond donors (Lipinski definition) is 3. The number of carboxylic acids is 1. The summed E-state index contributed by atoms with van der Waals surface area (Å²) in [6, 6.07) is 0. The van der Waals surface area contributed by atoms with Crippen molar-refractivity contribution >= 4 is 5.97 Å². The van der Waals surface area contributed by atoms with Gasteiger partial charge in [0, 0.05) is 6.61 Å². The van der Waals surface area contributed by atoms with Crippen LogP contribution < -0.4 is 0 Å². The number of aliphatic carboxylic acids is 1. The highest BCUT2D eigenvalue weighted by molar-refractivity contribution is 5.67. The summed E-state index contributed by atoms with van der Waals surface area (Å²) in [5.41, 5.74) is 0. The molecular formula is C14H28NO5+. The lowest BCUT2D eigenvalue weighted by Gasteiger charge is -2.32. The number of carbonyl (C=O) groups is 1. The first kappa shape index (κ1) is 19.1. The van der Waals surface area contributed by atoms with E-state index in [9.17, 15) is 15.0 Å². The van der Waals surface area contributed by atoms with Crippen LogP contribution in [0.25, 0.3) is 0 Å². The Bertz CT molecular complexity index is 277. The lowest BCUT2D eigenvalue weighted by Crippen LogP contribution is -2.54. The zero-order valence-electron chi connectivity index (χ0n) is 12.3. The highest BCUT2D eigenvalue weighted by atomic mass is 16.5. The van der Waals surface area contributed by atoms with E-state index >= 15 is 0 Å². The fourth-order valence-electron chi connectivity index (χ4n) is 1.72. The Kier molecular flexibility index (Phi) is 11.3. The van der Waals surface area contributed by atoms with Crippen LogP contribution in [0.2, 0.25) is 0 Å². The molecule has 0 aliphatic heterocycles. The lowest BCUT2D eigenvalue weighted by molar-refractivity contribution is -0.955. The number of hydrogen-bond acceptors (Lipinski definition) is 4.